The van der Waals surface area contributed by atoms with Crippen LogP contribution < -0.4 is 51.4 Å². The minimum atomic E-state index is -1.06. The van der Waals surface area contributed by atoms with E-state index in [2.05, 4.69) is 0 Å². The number of aliphatic hydroxyl groups is 2. The van der Waals surface area contributed by atoms with Crippen LogP contribution in [0.15, 0.2) is 21.6 Å². The monoisotopic (exact) mass is 247 g/mol. The Hall–Kier alpha value is 0.636. The van der Waals surface area contributed by atoms with E-state index in [1.807, 2.05) is 0 Å². The Morgan fingerprint density at radius 2 is 1.08 bits per heavy atom. The second kappa shape index (κ2) is 4.93. The van der Waals surface area contributed by atoms with Gasteiger partial charge in [-0.15, -0.1) is 0 Å². The number of hydrogen-bond donors (Lipinski definition) is 2. The second-order valence-corrected chi connectivity index (χ2v) is 2.74. The molecule has 1 rings (SSSR count). The number of aliphatic hydroxyl groups excluding tert-OH is 2. The normalized spacial score (nSPS) is 17.7. The Balaban J connectivity index is 0.00000144. The molecular weight excluding hydrogens is 246 g/mol. The topological polar surface area (TPSA) is 74.6 Å². The maximum atomic E-state index is 10.8. The third kappa shape index (κ3) is 2.36. The van der Waals surface area contributed by atoms with Crippen molar-refractivity contribution in [3.8, 4) is 0 Å². The molecule has 2 N–H and O–H groups in total. The minimum Gasteiger partial charge on any atom is -0.503 e. The molecule has 7 heteroatoms. The summed E-state index contributed by atoms with van der Waals surface area (Å²) in [5.74, 6) is -3.99. The molecule has 13 heavy (non-hydrogen) atoms. The van der Waals surface area contributed by atoms with Gasteiger partial charge >= 0.3 is 51.4 Å². The van der Waals surface area contributed by atoms with Crippen LogP contribution in [0.4, 0.5) is 0 Å². The van der Waals surface area contributed by atoms with E-state index in [4.69, 9.17) is 33.4 Å². The number of carbonyl (C=O) groups is 2. The van der Waals surface area contributed by atoms with E-state index in [1.165, 1.54) is 0 Å². The quantitative estimate of drug-likeness (QED) is 0.390. The van der Waals surface area contributed by atoms with Gasteiger partial charge in [0.15, 0.2) is 11.5 Å². The first-order valence-corrected chi connectivity index (χ1v) is 3.49. The summed E-state index contributed by atoms with van der Waals surface area (Å²) in [5, 5.41) is 16.3. The number of ketones is 2. The molecule has 4 nitrogen and oxygen atoms in total. The molecule has 1 aliphatic rings. The second-order valence-electron chi connectivity index (χ2n) is 1.98. The smallest absolute Gasteiger partial charge is 0.503 e. The van der Waals surface area contributed by atoms with Crippen molar-refractivity contribution in [2.45, 2.75) is 0 Å². The zero-order valence-electron chi connectivity index (χ0n) is 6.47. The molecule has 0 amide bonds. The largest absolute Gasteiger partial charge is 1.00 e. The molecule has 0 aromatic carbocycles. The Morgan fingerprint density at radius 1 is 0.846 bits per heavy atom. The van der Waals surface area contributed by atoms with Crippen LogP contribution in [0.25, 0.3) is 0 Å². The fourth-order valence-corrected chi connectivity index (χ4v) is 0.973. The number of carbonyl (C=O) groups excluding carboxylic acids is 2. The summed E-state index contributed by atoms with van der Waals surface area (Å²) < 4.78 is 0. The van der Waals surface area contributed by atoms with Gasteiger partial charge in [-0.25, -0.2) is 0 Å². The molecule has 0 unspecified atom stereocenters. The Kier molecular flexibility index (Phi) is 5.17. The van der Waals surface area contributed by atoms with E-state index in [-0.39, 0.29) is 51.4 Å². The van der Waals surface area contributed by atoms with Gasteiger partial charge in [-0.05, 0) is 0 Å². The van der Waals surface area contributed by atoms with Gasteiger partial charge in [0.2, 0.25) is 11.6 Å². The van der Waals surface area contributed by atoms with Crippen LogP contribution in [0.2, 0.25) is 0 Å². The molecule has 0 radical (unpaired) electrons. The molecule has 0 aliphatic heterocycles. The third-order valence-corrected chi connectivity index (χ3v) is 1.95. The summed E-state index contributed by atoms with van der Waals surface area (Å²) in [7, 11) is 0. The van der Waals surface area contributed by atoms with Crippen LogP contribution in [-0.4, -0.2) is 21.8 Å². The number of rotatable bonds is 0. The summed E-state index contributed by atoms with van der Waals surface area (Å²) in [5.41, 5.74) is 0. The zero-order chi connectivity index (χ0) is 9.46. The van der Waals surface area contributed by atoms with Crippen molar-refractivity contribution in [1.82, 2.24) is 0 Å². The average Bonchev–Trinajstić information content (AvgIpc) is 2.08. The molecule has 0 spiro atoms. The van der Waals surface area contributed by atoms with Crippen LogP contribution >= 0.6 is 23.2 Å². The predicted octanol–water partition coefficient (Wildman–Crippen LogP) is -1.84. The molecule has 64 valence electrons. The molecule has 0 saturated carbocycles. The molecule has 0 fully saturated rings. The number of Topliss-reactive ketones (excluding diaryl/α,β-unsaturated/α-hetero) is 2. The van der Waals surface area contributed by atoms with Gasteiger partial charge in [-0.1, -0.05) is 23.2 Å². The first kappa shape index (κ1) is 13.6. The maximum absolute atomic E-state index is 10.8. The summed E-state index contributed by atoms with van der Waals surface area (Å²) in [4.78, 5) is 21.6. The SMILES string of the molecule is O=C1C(O)=C(Cl)C(=O)C(O)=C1Cl.[K+]. The van der Waals surface area contributed by atoms with Gasteiger partial charge in [0.25, 0.3) is 0 Å². The summed E-state index contributed by atoms with van der Waals surface area (Å²) in [6.07, 6.45) is 0. The molecule has 1 aliphatic carbocycles. The molecule has 0 bridgehead atoms. The van der Waals surface area contributed by atoms with Crippen LogP contribution in [0.5, 0.6) is 0 Å². The molecule has 0 aromatic rings. The van der Waals surface area contributed by atoms with Crippen molar-refractivity contribution in [3.63, 3.8) is 0 Å². The van der Waals surface area contributed by atoms with Gasteiger partial charge in [-0.3, -0.25) is 9.59 Å². The number of hydrogen-bond acceptors (Lipinski definition) is 4. The van der Waals surface area contributed by atoms with Gasteiger partial charge in [0.05, 0.1) is 0 Å². The Morgan fingerprint density at radius 3 is 1.31 bits per heavy atom. The minimum absolute atomic E-state index is 0. The number of halogens is 2. The zero-order valence-corrected chi connectivity index (χ0v) is 11.1. The van der Waals surface area contributed by atoms with Crippen LogP contribution in [-0.2, 0) is 9.59 Å². The van der Waals surface area contributed by atoms with Crippen LogP contribution in [0.1, 0.15) is 0 Å². The summed E-state index contributed by atoms with van der Waals surface area (Å²) >= 11 is 10.4. The van der Waals surface area contributed by atoms with E-state index in [0.29, 0.717) is 0 Å². The maximum Gasteiger partial charge on any atom is 1.00 e. The molecule has 0 saturated heterocycles. The Labute approximate surface area is 126 Å². The van der Waals surface area contributed by atoms with Gasteiger partial charge in [0.1, 0.15) is 10.1 Å². The summed E-state index contributed by atoms with van der Waals surface area (Å²) in [6.45, 7) is 0. The fraction of sp³-hybridized carbons (Fsp3) is 0. The van der Waals surface area contributed by atoms with Crippen LogP contribution in [0.3, 0.4) is 0 Å². The van der Waals surface area contributed by atoms with E-state index in [0.717, 1.165) is 0 Å². The van der Waals surface area contributed by atoms with Crippen molar-refractivity contribution >= 4 is 34.8 Å². The predicted molar refractivity (Wildman–Crippen MR) is 41.0 cm³/mol. The van der Waals surface area contributed by atoms with E-state index in [9.17, 15) is 9.59 Å². The first-order chi connectivity index (χ1) is 5.46. The van der Waals surface area contributed by atoms with Crippen molar-refractivity contribution in [1.29, 1.82) is 0 Å². The first-order valence-electron chi connectivity index (χ1n) is 2.73. The molecule has 0 aromatic heterocycles. The standard InChI is InChI=1S/C6H2Cl2O4.K/c7-1-3(9)5(11)2(8)6(12)4(1)10;/h9,12H;/q;+1. The van der Waals surface area contributed by atoms with Crippen LogP contribution in [0, 0.1) is 0 Å². The van der Waals surface area contributed by atoms with E-state index < -0.39 is 33.1 Å². The van der Waals surface area contributed by atoms with Gasteiger partial charge in [-0.2, -0.15) is 0 Å². The van der Waals surface area contributed by atoms with Crippen molar-refractivity contribution in [2.24, 2.45) is 0 Å². The molecular formula is C6H2Cl2KO4+. The molecule has 0 heterocycles. The Bertz CT molecular complexity index is 283. The molecule has 0 atom stereocenters. The third-order valence-electron chi connectivity index (χ3n) is 1.24. The van der Waals surface area contributed by atoms with E-state index >= 15 is 0 Å². The van der Waals surface area contributed by atoms with Crippen molar-refractivity contribution in [2.75, 3.05) is 0 Å². The number of allylic oxidation sites excluding steroid dienone is 2. The van der Waals surface area contributed by atoms with Gasteiger partial charge < -0.3 is 10.2 Å². The van der Waals surface area contributed by atoms with Crippen molar-refractivity contribution in [3.05, 3.63) is 21.6 Å². The van der Waals surface area contributed by atoms with Gasteiger partial charge in [0, 0.05) is 0 Å². The average molecular weight is 248 g/mol. The fourth-order valence-electron chi connectivity index (χ4n) is 0.622. The summed E-state index contributed by atoms with van der Waals surface area (Å²) in [6, 6.07) is 0. The van der Waals surface area contributed by atoms with Crippen molar-refractivity contribution < 1.29 is 71.2 Å². The van der Waals surface area contributed by atoms with E-state index in [1.54, 1.807) is 0 Å².